The summed E-state index contributed by atoms with van der Waals surface area (Å²) < 4.78 is 118. The van der Waals surface area contributed by atoms with Crippen LogP contribution in [0.4, 0.5) is 0 Å². The van der Waals surface area contributed by atoms with Gasteiger partial charge >= 0.3 is 0 Å². The minimum atomic E-state index is -3.76. The summed E-state index contributed by atoms with van der Waals surface area (Å²) in [6.45, 7) is 10.4. The molecule has 0 aliphatic carbocycles. The quantitative estimate of drug-likeness (QED) is 0.169. The second-order valence-electron chi connectivity index (χ2n) is 18.5. The van der Waals surface area contributed by atoms with Crippen molar-refractivity contribution in [2.24, 2.45) is 0 Å². The molecule has 0 bridgehead atoms. The SMILES string of the molecule is Cc1ccc(S(=O)(=O)N2CCCCCCN(S(=O)(=O)c3ccc(C)cc3)CCCCCCN(S(=O)(=O)c3ccc(C)cc3)CCCCCCN(S(=O)(=O)c3ccc(C)cc3)CCCCCC2)cc1. The first-order valence-corrected chi connectivity index (χ1v) is 30.5. The molecule has 0 radical (unpaired) electrons. The number of hydrogen-bond donors (Lipinski definition) is 0. The Morgan fingerprint density at radius 1 is 0.235 bits per heavy atom. The van der Waals surface area contributed by atoms with E-state index in [0.29, 0.717) is 104 Å². The lowest BCUT2D eigenvalue weighted by Gasteiger charge is -2.24. The van der Waals surface area contributed by atoms with Gasteiger partial charge in [0.1, 0.15) is 0 Å². The van der Waals surface area contributed by atoms with Gasteiger partial charge in [0.05, 0.1) is 19.6 Å². The van der Waals surface area contributed by atoms with E-state index in [1.54, 1.807) is 114 Å². The molecule has 12 nitrogen and oxygen atoms in total. The highest BCUT2D eigenvalue weighted by Crippen LogP contribution is 2.24. The zero-order valence-electron chi connectivity index (χ0n) is 40.9. The number of benzene rings is 4. The maximum absolute atomic E-state index is 14.0. The third-order valence-electron chi connectivity index (χ3n) is 12.9. The van der Waals surface area contributed by atoms with Gasteiger partial charge < -0.3 is 0 Å². The molecule has 0 aromatic heterocycles. The number of rotatable bonds is 8. The monoisotopic (exact) mass is 1010 g/mol. The van der Waals surface area contributed by atoms with Crippen molar-refractivity contribution in [3.8, 4) is 0 Å². The second kappa shape index (κ2) is 26.7. The van der Waals surface area contributed by atoms with E-state index in [1.165, 1.54) is 0 Å². The molecule has 376 valence electrons. The standard InChI is InChI=1S/C52H76N4O8S4/c1-45-21-29-49(30-22-45)65(57,58)53-37-13-5-7-15-39-54(66(59,60)50-31-23-46(2)24-32-50)41-17-9-11-19-43-56(68(63,64)52-35-27-48(4)28-36-52)44-20-12-10-18-42-55(40-16-8-6-14-38-53)67(61,62)51-33-25-47(3)26-34-51/h21-36H,5-20,37-44H2,1-4H3. The van der Waals surface area contributed by atoms with Gasteiger partial charge in [0, 0.05) is 52.4 Å². The fourth-order valence-electron chi connectivity index (χ4n) is 8.57. The fraction of sp³-hybridized carbons (Fsp3) is 0.538. The van der Waals surface area contributed by atoms with E-state index < -0.39 is 40.1 Å². The highest BCUT2D eigenvalue weighted by atomic mass is 32.2. The first-order chi connectivity index (χ1) is 32.4. The molecule has 0 N–H and O–H groups in total. The Labute approximate surface area is 410 Å². The molecule has 4 aromatic rings. The van der Waals surface area contributed by atoms with Gasteiger partial charge in [-0.15, -0.1) is 0 Å². The van der Waals surface area contributed by atoms with Gasteiger partial charge in [-0.3, -0.25) is 0 Å². The fourth-order valence-corrected chi connectivity index (χ4v) is 14.6. The summed E-state index contributed by atoms with van der Waals surface area (Å²) in [5.74, 6) is 0. The van der Waals surface area contributed by atoms with Crippen molar-refractivity contribution in [2.75, 3.05) is 52.4 Å². The van der Waals surface area contributed by atoms with Crippen LogP contribution < -0.4 is 0 Å². The Balaban J connectivity index is 1.32. The zero-order valence-corrected chi connectivity index (χ0v) is 44.2. The predicted octanol–water partition coefficient (Wildman–Crippen LogP) is 10.2. The Morgan fingerprint density at radius 2 is 0.368 bits per heavy atom. The van der Waals surface area contributed by atoms with Crippen LogP contribution >= 0.6 is 0 Å². The minimum absolute atomic E-state index is 0.257. The Kier molecular flexibility index (Phi) is 21.7. The highest BCUT2D eigenvalue weighted by molar-refractivity contribution is 7.90. The minimum Gasteiger partial charge on any atom is -0.207 e. The molecule has 1 heterocycles. The lowest BCUT2D eigenvalue weighted by molar-refractivity contribution is 0.356. The smallest absolute Gasteiger partial charge is 0.207 e. The molecule has 16 heteroatoms. The van der Waals surface area contributed by atoms with Gasteiger partial charge in [0.15, 0.2) is 0 Å². The predicted molar refractivity (Wildman–Crippen MR) is 274 cm³/mol. The third-order valence-corrected chi connectivity index (χ3v) is 20.5. The average Bonchev–Trinajstić information content (AvgIpc) is 3.30. The van der Waals surface area contributed by atoms with Crippen LogP contribution in [0, 0.1) is 27.7 Å². The summed E-state index contributed by atoms with van der Waals surface area (Å²) in [5.41, 5.74) is 3.89. The summed E-state index contributed by atoms with van der Waals surface area (Å²) in [6, 6.07) is 27.7. The summed E-state index contributed by atoms with van der Waals surface area (Å²) in [5, 5.41) is 0. The van der Waals surface area contributed by atoms with Crippen LogP contribution in [0.5, 0.6) is 0 Å². The Morgan fingerprint density at radius 3 is 0.500 bits per heavy atom. The number of nitrogens with zero attached hydrogens (tertiary/aromatic N) is 4. The van der Waals surface area contributed by atoms with Crippen LogP contribution in [0.3, 0.4) is 0 Å². The first kappa shape index (κ1) is 55.4. The number of aryl methyl sites for hydroxylation is 4. The molecule has 0 amide bonds. The van der Waals surface area contributed by atoms with Crippen LogP contribution in [0.2, 0.25) is 0 Å². The third kappa shape index (κ3) is 16.3. The lowest BCUT2D eigenvalue weighted by atomic mass is 10.1. The van der Waals surface area contributed by atoms with Crippen LogP contribution in [-0.4, -0.2) is 103 Å². The van der Waals surface area contributed by atoms with Crippen molar-refractivity contribution in [3.63, 3.8) is 0 Å². The summed E-state index contributed by atoms with van der Waals surface area (Å²) >= 11 is 0. The molecule has 1 aliphatic heterocycles. The zero-order chi connectivity index (χ0) is 49.2. The molecule has 0 saturated carbocycles. The normalized spacial score (nSPS) is 18.9. The number of sulfonamides is 4. The lowest BCUT2D eigenvalue weighted by Crippen LogP contribution is -2.34. The van der Waals surface area contributed by atoms with E-state index in [9.17, 15) is 33.7 Å². The van der Waals surface area contributed by atoms with Gasteiger partial charge in [-0.25, -0.2) is 33.7 Å². The Bertz CT molecular complexity index is 2190. The molecule has 68 heavy (non-hydrogen) atoms. The van der Waals surface area contributed by atoms with E-state index in [4.69, 9.17) is 0 Å². The van der Waals surface area contributed by atoms with E-state index in [0.717, 1.165) is 73.6 Å². The van der Waals surface area contributed by atoms with Crippen molar-refractivity contribution in [2.45, 2.75) is 150 Å². The van der Waals surface area contributed by atoms with E-state index in [1.807, 2.05) is 27.7 Å². The van der Waals surface area contributed by atoms with Crippen molar-refractivity contribution < 1.29 is 33.7 Å². The molecule has 0 unspecified atom stereocenters. The van der Waals surface area contributed by atoms with Gasteiger partial charge in [-0.2, -0.15) is 17.2 Å². The molecule has 5 rings (SSSR count). The van der Waals surface area contributed by atoms with E-state index in [-0.39, 0.29) is 19.6 Å². The molecular weight excluding hydrogens is 937 g/mol. The molecule has 0 spiro atoms. The van der Waals surface area contributed by atoms with Crippen molar-refractivity contribution >= 4 is 40.1 Å². The van der Waals surface area contributed by atoms with Gasteiger partial charge in [0.2, 0.25) is 40.1 Å². The molecule has 0 atom stereocenters. The maximum Gasteiger partial charge on any atom is 0.243 e. The van der Waals surface area contributed by atoms with Gasteiger partial charge in [-0.1, -0.05) is 122 Å². The molecule has 4 aromatic carbocycles. The van der Waals surface area contributed by atoms with Crippen molar-refractivity contribution in [1.29, 1.82) is 0 Å². The molecular formula is C52H76N4O8S4. The molecule has 1 aliphatic rings. The summed E-state index contributed by atoms with van der Waals surface area (Å²) in [6.07, 6.45) is 10.8. The number of hydrogen-bond acceptors (Lipinski definition) is 8. The topological polar surface area (TPSA) is 150 Å². The second-order valence-corrected chi connectivity index (χ2v) is 26.3. The van der Waals surface area contributed by atoms with Crippen molar-refractivity contribution in [3.05, 3.63) is 119 Å². The first-order valence-electron chi connectivity index (χ1n) is 24.7. The van der Waals surface area contributed by atoms with E-state index >= 15 is 0 Å². The van der Waals surface area contributed by atoms with Crippen LogP contribution in [-0.2, 0) is 40.1 Å². The molecule has 1 fully saturated rings. The van der Waals surface area contributed by atoms with Gasteiger partial charge in [0.25, 0.3) is 0 Å². The average molecular weight is 1010 g/mol. The summed E-state index contributed by atoms with van der Waals surface area (Å²) in [7, 11) is -15.1. The van der Waals surface area contributed by atoms with E-state index in [2.05, 4.69) is 0 Å². The van der Waals surface area contributed by atoms with Crippen LogP contribution in [0.15, 0.2) is 117 Å². The summed E-state index contributed by atoms with van der Waals surface area (Å²) in [4.78, 5) is 1.03. The van der Waals surface area contributed by atoms with Crippen molar-refractivity contribution in [1.82, 2.24) is 17.2 Å². The molecule has 1 saturated heterocycles. The maximum atomic E-state index is 14.0. The van der Waals surface area contributed by atoms with Crippen LogP contribution in [0.1, 0.15) is 125 Å². The Hall–Kier alpha value is -3.48. The van der Waals surface area contributed by atoms with Crippen LogP contribution in [0.25, 0.3) is 0 Å². The van der Waals surface area contributed by atoms with Gasteiger partial charge in [-0.05, 0) is 128 Å². The largest absolute Gasteiger partial charge is 0.243 e. The highest BCUT2D eigenvalue weighted by Gasteiger charge is 2.28.